The number of rotatable bonds is 8. The number of aliphatic hydroxyl groups is 1. The van der Waals surface area contributed by atoms with Gasteiger partial charge < -0.3 is 19.7 Å². The van der Waals surface area contributed by atoms with Crippen LogP contribution in [0, 0.1) is 0 Å². The van der Waals surface area contributed by atoms with E-state index in [9.17, 15) is 5.11 Å². The first-order valence-electron chi connectivity index (χ1n) is 11.3. The van der Waals surface area contributed by atoms with Crippen molar-refractivity contribution in [3.63, 3.8) is 0 Å². The maximum absolute atomic E-state index is 9.29. The Hall–Kier alpha value is -3.89. The van der Waals surface area contributed by atoms with Crippen LogP contribution in [0.1, 0.15) is 36.3 Å². The molecule has 172 valence electrons. The van der Waals surface area contributed by atoms with Crippen LogP contribution in [-0.4, -0.2) is 41.1 Å². The maximum Gasteiger partial charge on any atom is 0.240 e. The zero-order valence-corrected chi connectivity index (χ0v) is 18.4. The summed E-state index contributed by atoms with van der Waals surface area (Å²) in [6.07, 6.45) is 5.73. The van der Waals surface area contributed by atoms with Gasteiger partial charge >= 0.3 is 0 Å². The molecule has 0 unspecified atom stereocenters. The number of benzene rings is 1. The highest BCUT2D eigenvalue weighted by molar-refractivity contribution is 5.96. The fourth-order valence-electron chi connectivity index (χ4n) is 3.97. The lowest BCUT2D eigenvalue weighted by atomic mass is 9.93. The molecule has 1 saturated carbocycles. The minimum absolute atomic E-state index is 0.253. The first-order valence-corrected chi connectivity index (χ1v) is 11.3. The Bertz CT molecular complexity index is 1440. The number of hydrogen-bond donors (Lipinski definition) is 2. The summed E-state index contributed by atoms with van der Waals surface area (Å²) in [6, 6.07) is 14.1. The van der Waals surface area contributed by atoms with Gasteiger partial charge in [0.15, 0.2) is 17.1 Å². The summed E-state index contributed by atoms with van der Waals surface area (Å²) < 4.78 is 12.8. The van der Waals surface area contributed by atoms with Gasteiger partial charge in [0.1, 0.15) is 13.2 Å². The summed E-state index contributed by atoms with van der Waals surface area (Å²) in [7, 11) is 0. The van der Waals surface area contributed by atoms with Gasteiger partial charge in [0.25, 0.3) is 0 Å². The number of nitrogens with one attached hydrogen (secondary N) is 1. The summed E-state index contributed by atoms with van der Waals surface area (Å²) in [5.74, 6) is 1.17. The van der Waals surface area contributed by atoms with E-state index in [1.54, 1.807) is 10.6 Å². The minimum Gasteiger partial charge on any atom is -0.470 e. The second-order valence-electron chi connectivity index (χ2n) is 8.40. The van der Waals surface area contributed by atoms with E-state index in [-0.39, 0.29) is 13.2 Å². The molecule has 6 rings (SSSR count). The normalized spacial score (nSPS) is 14.0. The molecule has 4 heterocycles. The first kappa shape index (κ1) is 20.7. The molecule has 5 aromatic rings. The Balaban J connectivity index is 1.27. The van der Waals surface area contributed by atoms with Crippen molar-refractivity contribution in [1.29, 1.82) is 0 Å². The van der Waals surface area contributed by atoms with Gasteiger partial charge in [-0.2, -0.15) is 4.52 Å². The van der Waals surface area contributed by atoms with Crippen LogP contribution < -0.4 is 10.1 Å². The predicted molar refractivity (Wildman–Crippen MR) is 123 cm³/mol. The molecule has 0 atom stereocenters. The topological polar surface area (TPSA) is 123 Å². The Morgan fingerprint density at radius 2 is 2.00 bits per heavy atom. The van der Waals surface area contributed by atoms with Gasteiger partial charge in [0, 0.05) is 35.6 Å². The SMILES string of the molecule is OCc1cc(-c2nnc3c4ccccc4c(OCc4ccc(CNC5CCC5)cn4)nn23)no1. The third-order valence-corrected chi connectivity index (χ3v) is 6.12. The van der Waals surface area contributed by atoms with Gasteiger partial charge in [-0.3, -0.25) is 4.98 Å². The molecule has 1 fully saturated rings. The van der Waals surface area contributed by atoms with Crippen LogP contribution in [-0.2, 0) is 19.8 Å². The van der Waals surface area contributed by atoms with Gasteiger partial charge in [0.05, 0.1) is 5.69 Å². The second kappa shape index (κ2) is 8.81. The molecule has 1 aliphatic rings. The average molecular weight is 457 g/mol. The standard InChI is InChI=1S/C24H23N7O3/c32-13-18-10-21(30-34-18)23-28-27-22-19-6-1-2-7-20(19)24(29-31(22)23)33-14-17-9-8-15(12-26-17)11-25-16-4-3-5-16/h1-2,6-10,12,16,25,32H,3-5,11,13-14H2. The van der Waals surface area contributed by atoms with Crippen LogP contribution in [0.2, 0.25) is 0 Å². The van der Waals surface area contributed by atoms with Crippen molar-refractivity contribution in [2.45, 2.75) is 45.1 Å². The highest BCUT2D eigenvalue weighted by Gasteiger charge is 2.19. The van der Waals surface area contributed by atoms with Crippen LogP contribution >= 0.6 is 0 Å². The largest absolute Gasteiger partial charge is 0.470 e. The van der Waals surface area contributed by atoms with Crippen LogP contribution in [0.4, 0.5) is 0 Å². The van der Waals surface area contributed by atoms with Gasteiger partial charge in [-0.15, -0.1) is 15.3 Å². The van der Waals surface area contributed by atoms with E-state index in [2.05, 4.69) is 36.8 Å². The average Bonchev–Trinajstić information content (AvgIpc) is 3.49. The quantitative estimate of drug-likeness (QED) is 0.362. The number of aromatic nitrogens is 6. The molecule has 0 saturated heterocycles. The van der Waals surface area contributed by atoms with Gasteiger partial charge in [-0.25, -0.2) is 0 Å². The Morgan fingerprint density at radius 1 is 1.12 bits per heavy atom. The summed E-state index contributed by atoms with van der Waals surface area (Å²) in [6.45, 7) is 0.851. The third-order valence-electron chi connectivity index (χ3n) is 6.12. The van der Waals surface area contributed by atoms with Crippen molar-refractivity contribution < 1.29 is 14.4 Å². The maximum atomic E-state index is 9.29. The van der Waals surface area contributed by atoms with Crippen molar-refractivity contribution in [3.05, 3.63) is 65.7 Å². The fourth-order valence-corrected chi connectivity index (χ4v) is 3.97. The fraction of sp³-hybridized carbons (Fsp3) is 0.292. The van der Waals surface area contributed by atoms with Crippen LogP contribution in [0.15, 0.2) is 53.2 Å². The van der Waals surface area contributed by atoms with Crippen molar-refractivity contribution >= 4 is 16.4 Å². The summed E-state index contributed by atoms with van der Waals surface area (Å²) >= 11 is 0. The van der Waals surface area contributed by atoms with Gasteiger partial charge in [0.2, 0.25) is 11.7 Å². The highest BCUT2D eigenvalue weighted by atomic mass is 16.5. The van der Waals surface area contributed by atoms with Crippen molar-refractivity contribution in [2.24, 2.45) is 0 Å². The third kappa shape index (κ3) is 3.87. The summed E-state index contributed by atoms with van der Waals surface area (Å²) in [4.78, 5) is 4.55. The van der Waals surface area contributed by atoms with E-state index in [1.807, 2.05) is 36.5 Å². The zero-order valence-electron chi connectivity index (χ0n) is 18.4. The van der Waals surface area contributed by atoms with Crippen molar-refractivity contribution in [1.82, 2.24) is 35.3 Å². The van der Waals surface area contributed by atoms with Crippen molar-refractivity contribution in [3.8, 4) is 17.4 Å². The summed E-state index contributed by atoms with van der Waals surface area (Å²) in [5.41, 5.74) is 2.97. The first-order chi connectivity index (χ1) is 16.8. The molecule has 0 spiro atoms. The molecule has 4 aromatic heterocycles. The Labute approximate surface area is 194 Å². The number of ether oxygens (including phenoxy) is 1. The van der Waals surface area contributed by atoms with Crippen LogP contribution in [0.5, 0.6) is 5.88 Å². The van der Waals surface area contributed by atoms with Gasteiger partial charge in [-0.1, -0.05) is 35.8 Å². The molecule has 2 N–H and O–H groups in total. The number of fused-ring (bicyclic) bond motifs is 3. The molecular formula is C24H23N7O3. The molecule has 1 aromatic carbocycles. The minimum atomic E-state index is -0.253. The molecule has 0 amide bonds. The lowest BCUT2D eigenvalue weighted by molar-refractivity contribution is 0.229. The highest BCUT2D eigenvalue weighted by Crippen LogP contribution is 2.29. The molecule has 34 heavy (non-hydrogen) atoms. The second-order valence-corrected chi connectivity index (χ2v) is 8.40. The van der Waals surface area contributed by atoms with E-state index in [0.717, 1.165) is 28.6 Å². The number of pyridine rings is 1. The summed E-state index contributed by atoms with van der Waals surface area (Å²) in [5, 5.41) is 31.7. The van der Waals surface area contributed by atoms with Crippen molar-refractivity contribution in [2.75, 3.05) is 0 Å². The molecule has 10 nitrogen and oxygen atoms in total. The number of aliphatic hydroxyl groups excluding tert-OH is 1. The van der Waals surface area contributed by atoms with Gasteiger partial charge in [-0.05, 0) is 30.5 Å². The van der Waals surface area contributed by atoms with Crippen LogP contribution in [0.3, 0.4) is 0 Å². The van der Waals surface area contributed by atoms with E-state index >= 15 is 0 Å². The van der Waals surface area contributed by atoms with E-state index in [4.69, 9.17) is 9.26 Å². The number of nitrogens with zero attached hydrogens (tertiary/aromatic N) is 6. The lowest BCUT2D eigenvalue weighted by Gasteiger charge is -2.26. The number of hydrogen-bond acceptors (Lipinski definition) is 9. The zero-order chi connectivity index (χ0) is 22.9. The molecule has 10 heteroatoms. The van der Waals surface area contributed by atoms with Crippen LogP contribution in [0.25, 0.3) is 27.9 Å². The smallest absolute Gasteiger partial charge is 0.240 e. The molecule has 0 bridgehead atoms. The van der Waals surface area contributed by atoms with E-state index in [1.165, 1.54) is 19.3 Å². The lowest BCUT2D eigenvalue weighted by Crippen LogP contribution is -2.34. The molecular weight excluding hydrogens is 434 g/mol. The Kier molecular flexibility index (Phi) is 5.36. The predicted octanol–water partition coefficient (Wildman–Crippen LogP) is 3.04. The van der Waals surface area contributed by atoms with E-state index in [0.29, 0.717) is 34.8 Å². The monoisotopic (exact) mass is 457 g/mol. The Morgan fingerprint density at radius 3 is 2.74 bits per heavy atom. The molecule has 0 radical (unpaired) electrons. The van der Waals surface area contributed by atoms with E-state index < -0.39 is 0 Å². The molecule has 0 aliphatic heterocycles. The molecule has 1 aliphatic carbocycles.